The van der Waals surface area contributed by atoms with Gasteiger partial charge in [0.1, 0.15) is 5.75 Å². The SMILES string of the molecule is OC1CCC(CNC2CCCOc3cc(Br)ccc32)C1. The van der Waals surface area contributed by atoms with Gasteiger partial charge >= 0.3 is 0 Å². The van der Waals surface area contributed by atoms with E-state index in [1.54, 1.807) is 0 Å². The maximum Gasteiger partial charge on any atom is 0.125 e. The number of halogens is 1. The third-order valence-electron chi connectivity index (χ3n) is 4.41. The van der Waals surface area contributed by atoms with Crippen LogP contribution in [-0.2, 0) is 0 Å². The maximum atomic E-state index is 9.62. The molecule has 4 heteroatoms. The Hall–Kier alpha value is -0.580. The topological polar surface area (TPSA) is 41.5 Å². The summed E-state index contributed by atoms with van der Waals surface area (Å²) >= 11 is 3.51. The molecule has 0 spiro atoms. The van der Waals surface area contributed by atoms with Crippen LogP contribution >= 0.6 is 15.9 Å². The van der Waals surface area contributed by atoms with Gasteiger partial charge < -0.3 is 15.2 Å². The smallest absolute Gasteiger partial charge is 0.125 e. The van der Waals surface area contributed by atoms with Crippen LogP contribution in [0.4, 0.5) is 0 Å². The lowest BCUT2D eigenvalue weighted by molar-refractivity contribution is 0.177. The largest absolute Gasteiger partial charge is 0.493 e. The second-order valence-corrected chi connectivity index (χ2v) is 6.88. The van der Waals surface area contributed by atoms with Gasteiger partial charge in [0, 0.05) is 16.1 Å². The summed E-state index contributed by atoms with van der Waals surface area (Å²) in [5.41, 5.74) is 1.27. The summed E-state index contributed by atoms with van der Waals surface area (Å²) < 4.78 is 6.90. The Bertz CT molecular complexity index is 466. The molecule has 2 N–H and O–H groups in total. The second-order valence-electron chi connectivity index (χ2n) is 5.97. The fraction of sp³-hybridized carbons (Fsp3) is 0.625. The Morgan fingerprint density at radius 3 is 3.00 bits per heavy atom. The Morgan fingerprint density at radius 2 is 2.20 bits per heavy atom. The van der Waals surface area contributed by atoms with Gasteiger partial charge in [-0.2, -0.15) is 0 Å². The molecule has 1 aromatic carbocycles. The van der Waals surface area contributed by atoms with E-state index in [-0.39, 0.29) is 6.10 Å². The summed E-state index contributed by atoms with van der Waals surface area (Å²) in [5, 5.41) is 13.3. The molecule has 1 aliphatic heterocycles. The summed E-state index contributed by atoms with van der Waals surface area (Å²) in [4.78, 5) is 0. The van der Waals surface area contributed by atoms with E-state index in [0.717, 1.165) is 55.5 Å². The van der Waals surface area contributed by atoms with Crippen molar-refractivity contribution in [3.8, 4) is 5.75 Å². The molecule has 3 atom stereocenters. The van der Waals surface area contributed by atoms with Gasteiger partial charge in [0.15, 0.2) is 0 Å². The van der Waals surface area contributed by atoms with Gasteiger partial charge in [-0.1, -0.05) is 22.0 Å². The predicted molar refractivity (Wildman–Crippen MR) is 83.0 cm³/mol. The van der Waals surface area contributed by atoms with Crippen LogP contribution < -0.4 is 10.1 Å². The average molecular weight is 340 g/mol. The first-order chi connectivity index (χ1) is 9.72. The van der Waals surface area contributed by atoms with Crippen LogP contribution in [0.3, 0.4) is 0 Å². The number of aliphatic hydroxyl groups excluding tert-OH is 1. The van der Waals surface area contributed by atoms with Crippen LogP contribution in [0.1, 0.15) is 43.7 Å². The Morgan fingerprint density at radius 1 is 1.30 bits per heavy atom. The normalized spacial score (nSPS) is 29.6. The lowest BCUT2D eigenvalue weighted by Crippen LogP contribution is -2.26. The molecular formula is C16H22BrNO2. The zero-order valence-corrected chi connectivity index (χ0v) is 13.2. The van der Waals surface area contributed by atoms with E-state index in [1.165, 1.54) is 5.56 Å². The second kappa shape index (κ2) is 6.46. The van der Waals surface area contributed by atoms with Crippen molar-refractivity contribution in [2.24, 2.45) is 5.92 Å². The molecule has 0 radical (unpaired) electrons. The first-order valence-corrected chi connectivity index (χ1v) is 8.35. The highest BCUT2D eigenvalue weighted by Gasteiger charge is 2.25. The molecule has 1 heterocycles. The van der Waals surface area contributed by atoms with Gasteiger partial charge in [-0.05, 0) is 56.7 Å². The van der Waals surface area contributed by atoms with E-state index in [2.05, 4.69) is 39.4 Å². The van der Waals surface area contributed by atoms with Crippen molar-refractivity contribution in [2.45, 2.75) is 44.2 Å². The number of rotatable bonds is 3. The molecule has 3 nitrogen and oxygen atoms in total. The van der Waals surface area contributed by atoms with Crippen LogP contribution in [0.5, 0.6) is 5.75 Å². The molecular weight excluding hydrogens is 318 g/mol. The quantitative estimate of drug-likeness (QED) is 0.886. The minimum absolute atomic E-state index is 0.0810. The molecule has 110 valence electrons. The van der Waals surface area contributed by atoms with Gasteiger partial charge in [-0.15, -0.1) is 0 Å². The van der Waals surface area contributed by atoms with Crippen molar-refractivity contribution in [1.29, 1.82) is 0 Å². The van der Waals surface area contributed by atoms with Crippen LogP contribution in [0.25, 0.3) is 0 Å². The monoisotopic (exact) mass is 339 g/mol. The van der Waals surface area contributed by atoms with E-state index in [0.29, 0.717) is 12.0 Å². The molecule has 0 saturated heterocycles. The highest BCUT2D eigenvalue weighted by molar-refractivity contribution is 9.10. The highest BCUT2D eigenvalue weighted by Crippen LogP contribution is 2.34. The predicted octanol–water partition coefficient (Wildman–Crippen LogP) is 3.41. The molecule has 20 heavy (non-hydrogen) atoms. The Labute approximate surface area is 128 Å². The van der Waals surface area contributed by atoms with Crippen LogP contribution in [0.2, 0.25) is 0 Å². The summed E-state index contributed by atoms with van der Waals surface area (Å²) in [6.07, 6.45) is 5.17. The maximum absolute atomic E-state index is 9.62. The van der Waals surface area contributed by atoms with Crippen molar-refractivity contribution in [3.63, 3.8) is 0 Å². The van der Waals surface area contributed by atoms with Crippen LogP contribution in [-0.4, -0.2) is 24.4 Å². The molecule has 1 aliphatic carbocycles. The first-order valence-electron chi connectivity index (χ1n) is 7.56. The Kier molecular flexibility index (Phi) is 4.64. The lowest BCUT2D eigenvalue weighted by Gasteiger charge is -2.21. The van der Waals surface area contributed by atoms with E-state index >= 15 is 0 Å². The van der Waals surface area contributed by atoms with Gasteiger partial charge in [0.2, 0.25) is 0 Å². The van der Waals surface area contributed by atoms with Gasteiger partial charge in [-0.3, -0.25) is 0 Å². The van der Waals surface area contributed by atoms with Crippen molar-refractivity contribution >= 4 is 15.9 Å². The number of nitrogens with one attached hydrogen (secondary N) is 1. The standard InChI is InChI=1S/C16H22BrNO2/c17-12-4-6-14-15(2-1-7-20-16(14)9-12)18-10-11-3-5-13(19)8-11/h4,6,9,11,13,15,18-19H,1-3,5,7-8,10H2. The van der Waals surface area contributed by atoms with Gasteiger partial charge in [-0.25, -0.2) is 0 Å². The zero-order chi connectivity index (χ0) is 13.9. The van der Waals surface area contributed by atoms with Gasteiger partial charge in [0.25, 0.3) is 0 Å². The van der Waals surface area contributed by atoms with Crippen molar-refractivity contribution < 1.29 is 9.84 Å². The molecule has 0 bridgehead atoms. The number of benzene rings is 1. The first kappa shape index (κ1) is 14.4. The third-order valence-corrected chi connectivity index (χ3v) is 4.91. The van der Waals surface area contributed by atoms with Crippen LogP contribution in [0.15, 0.2) is 22.7 Å². The van der Waals surface area contributed by atoms with E-state index in [4.69, 9.17) is 4.74 Å². The minimum Gasteiger partial charge on any atom is -0.493 e. The average Bonchev–Trinajstić information content (AvgIpc) is 2.74. The molecule has 1 fully saturated rings. The summed E-state index contributed by atoms with van der Waals surface area (Å²) in [7, 11) is 0. The number of ether oxygens (including phenoxy) is 1. The fourth-order valence-electron chi connectivity index (χ4n) is 3.30. The minimum atomic E-state index is -0.0810. The van der Waals surface area contributed by atoms with E-state index < -0.39 is 0 Å². The number of hydrogen-bond donors (Lipinski definition) is 2. The van der Waals surface area contributed by atoms with Crippen molar-refractivity contribution in [3.05, 3.63) is 28.2 Å². The molecule has 0 amide bonds. The molecule has 1 saturated carbocycles. The number of fused-ring (bicyclic) bond motifs is 1. The van der Waals surface area contributed by atoms with Crippen LogP contribution in [0, 0.1) is 5.92 Å². The molecule has 3 rings (SSSR count). The van der Waals surface area contributed by atoms with Crippen molar-refractivity contribution in [1.82, 2.24) is 5.32 Å². The van der Waals surface area contributed by atoms with E-state index in [1.807, 2.05) is 0 Å². The summed E-state index contributed by atoms with van der Waals surface area (Å²) in [6, 6.07) is 6.68. The Balaban J connectivity index is 1.67. The highest BCUT2D eigenvalue weighted by atomic mass is 79.9. The molecule has 3 unspecified atom stereocenters. The van der Waals surface area contributed by atoms with Gasteiger partial charge in [0.05, 0.1) is 12.7 Å². The fourth-order valence-corrected chi connectivity index (χ4v) is 3.64. The summed E-state index contributed by atoms with van der Waals surface area (Å²) in [6.45, 7) is 1.79. The number of aliphatic hydroxyl groups is 1. The third kappa shape index (κ3) is 3.35. The van der Waals surface area contributed by atoms with Crippen molar-refractivity contribution in [2.75, 3.05) is 13.2 Å². The zero-order valence-electron chi connectivity index (χ0n) is 11.6. The molecule has 2 aliphatic rings. The molecule has 1 aromatic rings. The van der Waals surface area contributed by atoms with E-state index in [9.17, 15) is 5.11 Å². The number of hydrogen-bond acceptors (Lipinski definition) is 3. The molecule has 0 aromatic heterocycles. The summed E-state index contributed by atoms with van der Waals surface area (Å²) in [5.74, 6) is 1.62. The lowest BCUT2D eigenvalue weighted by atomic mass is 10.0.